The summed E-state index contributed by atoms with van der Waals surface area (Å²) in [7, 11) is 0. The molecule has 0 N–H and O–H groups in total. The Bertz CT molecular complexity index is 635. The first-order chi connectivity index (χ1) is 9.07. The van der Waals surface area contributed by atoms with Crippen LogP contribution >= 0.6 is 22.9 Å². The fraction of sp³-hybridized carbons (Fsp3) is 0.222. The lowest BCUT2D eigenvalue weighted by molar-refractivity contribution is -0.145. The van der Waals surface area contributed by atoms with Crippen LogP contribution in [-0.2, 0) is 12.4 Å². The summed E-state index contributed by atoms with van der Waals surface area (Å²) < 4.78 is 74.6. The molecule has 11 heteroatoms. The van der Waals surface area contributed by atoms with E-state index in [2.05, 4.69) is 15.0 Å². The predicted molar refractivity (Wildman–Crippen MR) is 58.2 cm³/mol. The number of aromatic nitrogens is 3. The number of nitrogens with zero attached hydrogens (tertiary/aromatic N) is 3. The molecule has 0 saturated heterocycles. The molecule has 2 rings (SSSR count). The molecule has 108 valence electrons. The maximum absolute atomic E-state index is 12.5. The van der Waals surface area contributed by atoms with Crippen molar-refractivity contribution in [3.8, 4) is 10.6 Å². The summed E-state index contributed by atoms with van der Waals surface area (Å²) in [5.41, 5.74) is -0.370. The third kappa shape index (κ3) is 3.18. The summed E-state index contributed by atoms with van der Waals surface area (Å²) in [4.78, 5) is 9.04. The van der Waals surface area contributed by atoms with E-state index in [0.29, 0.717) is 0 Å². The third-order valence-corrected chi connectivity index (χ3v) is 3.21. The Morgan fingerprint density at radius 1 is 1.00 bits per heavy atom. The summed E-state index contributed by atoms with van der Waals surface area (Å²) in [6, 6.07) is 0.935. The second-order valence-electron chi connectivity index (χ2n) is 3.42. The van der Waals surface area contributed by atoms with Crippen LogP contribution in [0.5, 0.6) is 0 Å². The van der Waals surface area contributed by atoms with Gasteiger partial charge < -0.3 is 0 Å². The maximum atomic E-state index is 12.5. The Kier molecular flexibility index (Phi) is 3.63. The average Bonchev–Trinajstić information content (AvgIpc) is 2.75. The van der Waals surface area contributed by atoms with Crippen molar-refractivity contribution in [1.82, 2.24) is 15.0 Å². The summed E-state index contributed by atoms with van der Waals surface area (Å²) >= 11 is 5.58. The predicted octanol–water partition coefficient (Wildman–Crippen LogP) is 4.29. The van der Waals surface area contributed by atoms with Gasteiger partial charge in [0.05, 0.1) is 10.6 Å². The van der Waals surface area contributed by atoms with Crippen molar-refractivity contribution >= 4 is 22.9 Å². The van der Waals surface area contributed by atoms with Gasteiger partial charge in [0, 0.05) is 12.3 Å². The van der Waals surface area contributed by atoms with Crippen LogP contribution < -0.4 is 0 Å². The van der Waals surface area contributed by atoms with Gasteiger partial charge in [-0.3, -0.25) is 0 Å². The molecule has 0 fully saturated rings. The molecule has 2 aromatic heterocycles. The Balaban J connectivity index is 2.48. The van der Waals surface area contributed by atoms with Crippen molar-refractivity contribution in [2.24, 2.45) is 0 Å². The van der Waals surface area contributed by atoms with Gasteiger partial charge in [-0.25, -0.2) is 15.0 Å². The molecule has 0 saturated carbocycles. The topological polar surface area (TPSA) is 38.7 Å². The van der Waals surface area contributed by atoms with Crippen LogP contribution in [0.4, 0.5) is 26.3 Å². The molecule has 20 heavy (non-hydrogen) atoms. The number of rotatable bonds is 1. The molecule has 2 aromatic rings. The van der Waals surface area contributed by atoms with Gasteiger partial charge >= 0.3 is 12.4 Å². The molecule has 0 aromatic carbocycles. The van der Waals surface area contributed by atoms with Crippen molar-refractivity contribution in [2.45, 2.75) is 12.4 Å². The molecule has 0 amide bonds. The standard InChI is InChI=1S/C9H2ClF6N3S/c10-5-1-3(18-6(19-5)8(11,12)13)4-2-17-7(20-4)9(14,15)16/h1-2H. The molecule has 0 aliphatic heterocycles. The van der Waals surface area contributed by atoms with E-state index < -0.39 is 28.3 Å². The Morgan fingerprint density at radius 3 is 2.15 bits per heavy atom. The zero-order chi connectivity index (χ0) is 15.1. The lowest BCUT2D eigenvalue weighted by atomic mass is 10.3. The highest BCUT2D eigenvalue weighted by Crippen LogP contribution is 2.37. The zero-order valence-corrected chi connectivity index (χ0v) is 10.6. The first-order valence-electron chi connectivity index (χ1n) is 4.72. The number of hydrogen-bond acceptors (Lipinski definition) is 4. The van der Waals surface area contributed by atoms with Gasteiger partial charge in [-0.05, 0) is 0 Å². The minimum atomic E-state index is -4.85. The number of halogens is 7. The molecule has 0 aliphatic rings. The molecule has 0 bridgehead atoms. The molecule has 0 unspecified atom stereocenters. The van der Waals surface area contributed by atoms with Gasteiger partial charge in [-0.15, -0.1) is 11.3 Å². The number of thiazole rings is 1. The van der Waals surface area contributed by atoms with Crippen LogP contribution in [0.3, 0.4) is 0 Å². The fourth-order valence-electron chi connectivity index (χ4n) is 1.19. The molecule has 3 nitrogen and oxygen atoms in total. The maximum Gasteiger partial charge on any atom is 0.451 e. The van der Waals surface area contributed by atoms with Gasteiger partial charge in [-0.1, -0.05) is 11.6 Å². The van der Waals surface area contributed by atoms with Crippen LogP contribution in [0.15, 0.2) is 12.3 Å². The van der Waals surface area contributed by atoms with E-state index >= 15 is 0 Å². The van der Waals surface area contributed by atoms with Crippen molar-refractivity contribution in [1.29, 1.82) is 0 Å². The first kappa shape index (κ1) is 15.0. The van der Waals surface area contributed by atoms with E-state index in [1.807, 2.05) is 0 Å². The molecular formula is C9H2ClF6N3S. The molecule has 0 radical (unpaired) electrons. The Hall–Kier alpha value is -1.42. The van der Waals surface area contributed by atoms with Crippen molar-refractivity contribution in [3.05, 3.63) is 28.2 Å². The average molecular weight is 334 g/mol. The molecule has 2 heterocycles. The van der Waals surface area contributed by atoms with E-state index in [-0.39, 0.29) is 21.9 Å². The highest BCUT2D eigenvalue weighted by molar-refractivity contribution is 7.15. The lowest BCUT2D eigenvalue weighted by Crippen LogP contribution is -2.11. The minimum Gasteiger partial charge on any atom is -0.240 e. The van der Waals surface area contributed by atoms with Crippen LogP contribution in [0.1, 0.15) is 10.8 Å². The largest absolute Gasteiger partial charge is 0.451 e. The van der Waals surface area contributed by atoms with Crippen LogP contribution in [-0.4, -0.2) is 15.0 Å². The van der Waals surface area contributed by atoms with E-state index in [1.54, 1.807) is 0 Å². The van der Waals surface area contributed by atoms with E-state index in [1.165, 1.54) is 0 Å². The Morgan fingerprint density at radius 2 is 1.65 bits per heavy atom. The Labute approximate surface area is 116 Å². The van der Waals surface area contributed by atoms with Crippen LogP contribution in [0.2, 0.25) is 5.15 Å². The van der Waals surface area contributed by atoms with Gasteiger partial charge in [0.2, 0.25) is 5.82 Å². The van der Waals surface area contributed by atoms with Crippen LogP contribution in [0, 0.1) is 0 Å². The molecule has 0 spiro atoms. The summed E-state index contributed by atoms with van der Waals surface area (Å²) in [6.45, 7) is 0. The van der Waals surface area contributed by atoms with Gasteiger partial charge in [0.1, 0.15) is 5.15 Å². The van der Waals surface area contributed by atoms with Gasteiger partial charge in [-0.2, -0.15) is 26.3 Å². The second kappa shape index (κ2) is 4.85. The number of hydrogen-bond donors (Lipinski definition) is 0. The van der Waals surface area contributed by atoms with Crippen molar-refractivity contribution in [3.63, 3.8) is 0 Å². The first-order valence-corrected chi connectivity index (χ1v) is 5.92. The third-order valence-electron chi connectivity index (χ3n) is 1.95. The van der Waals surface area contributed by atoms with Gasteiger partial charge in [0.25, 0.3) is 0 Å². The zero-order valence-electron chi connectivity index (χ0n) is 9.05. The molecule has 0 atom stereocenters. The van der Waals surface area contributed by atoms with Crippen molar-refractivity contribution < 1.29 is 26.3 Å². The quantitative estimate of drug-likeness (QED) is 0.577. The van der Waals surface area contributed by atoms with Gasteiger partial charge in [0.15, 0.2) is 5.01 Å². The van der Waals surface area contributed by atoms with E-state index in [4.69, 9.17) is 11.6 Å². The molecule has 0 aliphatic carbocycles. The monoisotopic (exact) mass is 333 g/mol. The summed E-state index contributed by atoms with van der Waals surface area (Å²) in [6.07, 6.45) is -8.74. The summed E-state index contributed by atoms with van der Waals surface area (Å²) in [5.74, 6) is -1.53. The smallest absolute Gasteiger partial charge is 0.240 e. The highest BCUT2D eigenvalue weighted by atomic mass is 35.5. The van der Waals surface area contributed by atoms with Crippen LogP contribution in [0.25, 0.3) is 10.6 Å². The van der Waals surface area contributed by atoms with Crippen molar-refractivity contribution in [2.75, 3.05) is 0 Å². The SMILES string of the molecule is FC(F)(F)c1nc(Cl)cc(-c2cnc(C(F)(F)F)s2)n1. The lowest BCUT2D eigenvalue weighted by Gasteiger charge is -2.06. The normalized spacial score (nSPS) is 12.8. The summed E-state index contributed by atoms with van der Waals surface area (Å²) in [5, 5.41) is -1.71. The molecular weight excluding hydrogens is 332 g/mol. The minimum absolute atomic E-state index is 0.169. The van der Waals surface area contributed by atoms with E-state index in [0.717, 1.165) is 12.3 Å². The van der Waals surface area contributed by atoms with E-state index in [9.17, 15) is 26.3 Å². The highest BCUT2D eigenvalue weighted by Gasteiger charge is 2.37. The number of alkyl halides is 6. The fourth-order valence-corrected chi connectivity index (χ4v) is 2.12. The second-order valence-corrected chi connectivity index (χ2v) is 4.84.